The van der Waals surface area contributed by atoms with Gasteiger partial charge in [0.15, 0.2) is 0 Å². The predicted molar refractivity (Wildman–Crippen MR) is 138 cm³/mol. The molecule has 0 aliphatic carbocycles. The second-order valence-corrected chi connectivity index (χ2v) is 8.56. The maximum absolute atomic E-state index is 12.8. The summed E-state index contributed by atoms with van der Waals surface area (Å²) < 4.78 is 14.8. The Morgan fingerprint density at radius 3 is 1.67 bits per heavy atom. The van der Waals surface area contributed by atoms with Crippen LogP contribution >= 0.6 is 0 Å². The van der Waals surface area contributed by atoms with E-state index in [9.17, 15) is 19.2 Å². The zero-order valence-electron chi connectivity index (χ0n) is 17.6. The Morgan fingerprint density at radius 1 is 0.939 bits per heavy atom. The van der Waals surface area contributed by atoms with Gasteiger partial charge in [0.2, 0.25) is 0 Å². The lowest BCUT2D eigenvalue weighted by molar-refractivity contribution is -0.172. The molecule has 0 aromatic rings. The van der Waals surface area contributed by atoms with Gasteiger partial charge in [-0.15, -0.1) is 0 Å². The predicted octanol–water partition coefficient (Wildman–Crippen LogP) is 6.71. The molecule has 0 aromatic carbocycles. The van der Waals surface area contributed by atoms with Crippen LogP contribution in [-0.4, -0.2) is 38.1 Å². The fraction of sp³-hybridized carbons (Fsp3) is 0.846. The van der Waals surface area contributed by atoms with Crippen molar-refractivity contribution in [1.82, 2.24) is 0 Å². The minimum absolute atomic E-state index is 0. The topological polar surface area (TPSA) is 96.0 Å². The van der Waals surface area contributed by atoms with Crippen LogP contribution in [-0.2, 0) is 33.4 Å². The molecule has 1 aliphatic rings. The minimum atomic E-state index is -1.06. The SMILES string of the molecule is C.C.C.C.C.C.COC(=O)C(C)(CCC1(C)CC(=O)OC1=O)C(C)C(C)(C(=O)OC)C(C)C. The fourth-order valence-electron chi connectivity index (χ4n) is 3.90. The Bertz CT molecular complexity index is 628. The number of methoxy groups -OCH3 is 2. The van der Waals surface area contributed by atoms with E-state index in [1.54, 1.807) is 20.8 Å². The zero-order chi connectivity index (χ0) is 21.2. The standard InChI is InChI=1S/C20H32O7.6CH4/c1-12(2)20(6,17(24)26-8)13(3)19(5,16(23)25-7)10-9-18(4)11-14(21)27-15(18)22;;;;;;/h12-13H,9-11H2,1-8H3;6*1H4. The van der Waals surface area contributed by atoms with Crippen molar-refractivity contribution in [3.63, 3.8) is 0 Å². The van der Waals surface area contributed by atoms with E-state index < -0.39 is 46.0 Å². The van der Waals surface area contributed by atoms with Gasteiger partial charge >= 0.3 is 23.9 Å². The molecule has 7 heteroatoms. The number of cyclic esters (lactones) is 2. The van der Waals surface area contributed by atoms with Crippen LogP contribution < -0.4 is 0 Å². The molecule has 0 bridgehead atoms. The summed E-state index contributed by atoms with van der Waals surface area (Å²) in [4.78, 5) is 48.9. The van der Waals surface area contributed by atoms with Crippen LogP contribution in [0, 0.1) is 28.1 Å². The fourth-order valence-corrected chi connectivity index (χ4v) is 3.90. The summed E-state index contributed by atoms with van der Waals surface area (Å²) in [6, 6.07) is 0. The summed E-state index contributed by atoms with van der Waals surface area (Å²) in [5, 5.41) is 0. The molecule has 0 spiro atoms. The molecule has 202 valence electrons. The lowest BCUT2D eigenvalue weighted by atomic mass is 9.57. The second kappa shape index (κ2) is 15.8. The Balaban J connectivity index is -0.000000304. The molecular formula is C26H56O7. The largest absolute Gasteiger partial charge is 0.469 e. The van der Waals surface area contributed by atoms with Gasteiger partial charge in [-0.3, -0.25) is 19.2 Å². The van der Waals surface area contributed by atoms with Crippen LogP contribution in [0.4, 0.5) is 0 Å². The molecule has 1 aliphatic heterocycles. The lowest BCUT2D eigenvalue weighted by Crippen LogP contribution is -2.50. The highest BCUT2D eigenvalue weighted by atomic mass is 16.6. The Kier molecular flexibility index (Phi) is 21.5. The number of ether oxygens (including phenoxy) is 3. The average molecular weight is 481 g/mol. The highest BCUT2D eigenvalue weighted by Crippen LogP contribution is 2.50. The first-order valence-corrected chi connectivity index (χ1v) is 9.21. The number of carbonyl (C=O) groups excluding carboxylic acids is 4. The van der Waals surface area contributed by atoms with Crippen molar-refractivity contribution in [1.29, 1.82) is 0 Å². The molecule has 33 heavy (non-hydrogen) atoms. The van der Waals surface area contributed by atoms with Gasteiger partial charge in [0, 0.05) is 0 Å². The first-order valence-electron chi connectivity index (χ1n) is 9.21. The first kappa shape index (κ1) is 44.7. The maximum atomic E-state index is 12.8. The molecule has 1 heterocycles. The van der Waals surface area contributed by atoms with Crippen LogP contribution in [0.3, 0.4) is 0 Å². The van der Waals surface area contributed by atoms with Crippen molar-refractivity contribution < 1.29 is 33.4 Å². The Morgan fingerprint density at radius 2 is 1.36 bits per heavy atom. The third-order valence-electron chi connectivity index (χ3n) is 6.76. The minimum Gasteiger partial charge on any atom is -0.469 e. The zero-order valence-corrected chi connectivity index (χ0v) is 17.6. The van der Waals surface area contributed by atoms with Crippen LogP contribution in [0.1, 0.15) is 105 Å². The molecule has 0 radical (unpaired) electrons. The summed E-state index contributed by atoms with van der Waals surface area (Å²) in [7, 11) is 2.62. The van der Waals surface area contributed by atoms with Gasteiger partial charge in [0.05, 0.1) is 36.9 Å². The highest BCUT2D eigenvalue weighted by molar-refractivity contribution is 5.97. The molecule has 4 atom stereocenters. The van der Waals surface area contributed by atoms with Gasteiger partial charge in [-0.25, -0.2) is 0 Å². The van der Waals surface area contributed by atoms with E-state index in [0.717, 1.165) is 0 Å². The third-order valence-corrected chi connectivity index (χ3v) is 6.76. The van der Waals surface area contributed by atoms with Crippen molar-refractivity contribution in [2.75, 3.05) is 14.2 Å². The maximum Gasteiger partial charge on any atom is 0.320 e. The van der Waals surface area contributed by atoms with Crippen molar-refractivity contribution in [2.24, 2.45) is 28.1 Å². The normalized spacial score (nSPS) is 20.8. The molecule has 7 nitrogen and oxygen atoms in total. The number of carbonyl (C=O) groups is 4. The van der Waals surface area contributed by atoms with Crippen LogP contribution in [0.5, 0.6) is 0 Å². The molecule has 1 fully saturated rings. The molecule has 0 amide bonds. The second-order valence-electron chi connectivity index (χ2n) is 8.56. The molecule has 4 unspecified atom stereocenters. The molecule has 1 rings (SSSR count). The van der Waals surface area contributed by atoms with Gasteiger partial charge in [0.25, 0.3) is 0 Å². The van der Waals surface area contributed by atoms with E-state index in [-0.39, 0.29) is 69.7 Å². The quantitative estimate of drug-likeness (QED) is 0.216. The van der Waals surface area contributed by atoms with E-state index >= 15 is 0 Å². The summed E-state index contributed by atoms with van der Waals surface area (Å²) in [6.07, 6.45) is 0.512. The average Bonchev–Trinajstić information content (AvgIpc) is 2.88. The Hall–Kier alpha value is -1.92. The van der Waals surface area contributed by atoms with Gasteiger partial charge in [-0.05, 0) is 45.4 Å². The summed E-state index contributed by atoms with van der Waals surface area (Å²) in [6.45, 7) is 10.8. The number of hydrogen-bond acceptors (Lipinski definition) is 7. The molecular weight excluding hydrogens is 424 g/mol. The van der Waals surface area contributed by atoms with Crippen molar-refractivity contribution in [2.45, 2.75) is 105 Å². The van der Waals surface area contributed by atoms with Gasteiger partial charge in [-0.2, -0.15) is 0 Å². The summed E-state index contributed by atoms with van der Waals surface area (Å²) in [5.74, 6) is -2.54. The van der Waals surface area contributed by atoms with Crippen LogP contribution in [0.2, 0.25) is 0 Å². The number of rotatable bonds is 8. The smallest absolute Gasteiger partial charge is 0.320 e. The van der Waals surface area contributed by atoms with E-state index in [2.05, 4.69) is 4.74 Å². The van der Waals surface area contributed by atoms with Crippen molar-refractivity contribution in [3.8, 4) is 0 Å². The summed E-state index contributed by atoms with van der Waals surface area (Å²) in [5.41, 5.74) is -2.98. The van der Waals surface area contributed by atoms with Gasteiger partial charge in [-0.1, -0.05) is 65.3 Å². The molecule has 0 aromatic heterocycles. The van der Waals surface area contributed by atoms with Crippen molar-refractivity contribution >= 4 is 23.9 Å². The molecule has 0 saturated carbocycles. The van der Waals surface area contributed by atoms with Crippen LogP contribution in [0.25, 0.3) is 0 Å². The van der Waals surface area contributed by atoms with E-state index in [4.69, 9.17) is 9.47 Å². The molecule has 1 saturated heterocycles. The number of esters is 4. The Labute approximate surface area is 205 Å². The number of hydrogen-bond donors (Lipinski definition) is 0. The van der Waals surface area contributed by atoms with E-state index in [1.807, 2.05) is 20.8 Å². The van der Waals surface area contributed by atoms with E-state index in [0.29, 0.717) is 0 Å². The third kappa shape index (κ3) is 8.11. The van der Waals surface area contributed by atoms with Gasteiger partial charge < -0.3 is 14.2 Å². The monoisotopic (exact) mass is 480 g/mol. The first-order chi connectivity index (χ1) is 12.3. The highest BCUT2D eigenvalue weighted by Gasteiger charge is 2.55. The lowest BCUT2D eigenvalue weighted by Gasteiger charge is -2.45. The van der Waals surface area contributed by atoms with Gasteiger partial charge in [0.1, 0.15) is 0 Å². The van der Waals surface area contributed by atoms with E-state index in [1.165, 1.54) is 14.2 Å². The molecule has 0 N–H and O–H groups in total. The van der Waals surface area contributed by atoms with Crippen molar-refractivity contribution in [3.05, 3.63) is 0 Å². The summed E-state index contributed by atoms with van der Waals surface area (Å²) >= 11 is 0. The van der Waals surface area contributed by atoms with Crippen LogP contribution in [0.15, 0.2) is 0 Å².